The minimum Gasteiger partial charge on any atom is -0.250 e. The maximum atomic E-state index is 3.29. The lowest BCUT2D eigenvalue weighted by Gasteiger charge is -2.14. The molecule has 0 fully saturated rings. The number of nitrogens with one attached hydrogen (secondary N) is 1. The van der Waals surface area contributed by atoms with Gasteiger partial charge in [0.25, 0.3) is 0 Å². The van der Waals surface area contributed by atoms with Crippen LogP contribution in [-0.2, 0) is 0 Å². The Balaban J connectivity index is 1.90. The molecule has 0 saturated heterocycles. The Kier molecular flexibility index (Phi) is 30.9. The van der Waals surface area contributed by atoms with Crippen molar-refractivity contribution in [1.29, 1.82) is 0 Å². The summed E-state index contributed by atoms with van der Waals surface area (Å²) in [6.07, 6.45) is 55.8. The Bertz CT molecular complexity index is 559. The van der Waals surface area contributed by atoms with Crippen molar-refractivity contribution in [2.75, 3.05) is 0 Å². The van der Waals surface area contributed by atoms with E-state index in [2.05, 4.69) is 42.1 Å². The van der Waals surface area contributed by atoms with E-state index in [1.807, 2.05) is 0 Å². The van der Waals surface area contributed by atoms with E-state index in [0.717, 1.165) is 0 Å². The standard InChI is InChI=1S/C40H78N2/c1-3-5-7-9-11-13-15-17-19-21-23-25-27-29-31-33-35-40(42-38-37-41-39-42)36-34-32-30-28-26-24-22-20-18-16-14-12-10-8-6-4-2/h37-40H,3-36H2,1-2H3/p+1. The zero-order valence-corrected chi connectivity index (χ0v) is 29.3. The van der Waals surface area contributed by atoms with E-state index in [-0.39, 0.29) is 0 Å². The van der Waals surface area contributed by atoms with Gasteiger partial charge in [0, 0.05) is 0 Å². The van der Waals surface area contributed by atoms with Gasteiger partial charge in [-0.3, -0.25) is 4.98 Å². The van der Waals surface area contributed by atoms with Crippen LogP contribution in [0.1, 0.15) is 238 Å². The Morgan fingerprint density at radius 3 is 0.881 bits per heavy atom. The fourth-order valence-electron chi connectivity index (χ4n) is 6.83. The number of hydrogen-bond acceptors (Lipinski definition) is 0. The molecule has 1 N–H and O–H groups in total. The predicted octanol–water partition coefficient (Wildman–Crippen LogP) is 14.1. The molecule has 2 nitrogen and oxygen atoms in total. The topological polar surface area (TPSA) is 19.7 Å². The molecule has 0 aliphatic rings. The van der Waals surface area contributed by atoms with Gasteiger partial charge in [-0.15, -0.1) is 0 Å². The summed E-state index contributed by atoms with van der Waals surface area (Å²) in [5.74, 6) is 0. The molecule has 0 saturated carbocycles. The minimum absolute atomic E-state index is 0.703. The number of imidazole rings is 1. The van der Waals surface area contributed by atoms with Gasteiger partial charge in [-0.2, -0.15) is 0 Å². The van der Waals surface area contributed by atoms with Crippen LogP contribution in [0.5, 0.6) is 0 Å². The van der Waals surface area contributed by atoms with Crippen molar-refractivity contribution < 1.29 is 4.57 Å². The summed E-state index contributed by atoms with van der Waals surface area (Å²) in [6.45, 7) is 4.62. The van der Waals surface area contributed by atoms with Gasteiger partial charge in [-0.05, 0) is 25.7 Å². The number of unbranched alkanes of at least 4 members (excludes halogenated alkanes) is 30. The first-order chi connectivity index (χ1) is 20.9. The first-order valence-corrected chi connectivity index (χ1v) is 19.9. The summed E-state index contributed by atoms with van der Waals surface area (Å²) < 4.78 is 2.45. The molecule has 42 heavy (non-hydrogen) atoms. The van der Waals surface area contributed by atoms with Crippen LogP contribution in [0, 0.1) is 0 Å². The summed E-state index contributed by atoms with van der Waals surface area (Å²) in [5.41, 5.74) is 0. The monoisotopic (exact) mass is 588 g/mol. The molecule has 1 rings (SSSR count). The van der Waals surface area contributed by atoms with Gasteiger partial charge in [0.2, 0.25) is 6.33 Å². The second-order valence-electron chi connectivity index (χ2n) is 13.9. The summed E-state index contributed by atoms with van der Waals surface area (Å²) in [7, 11) is 0. The molecule has 0 aliphatic heterocycles. The molecular weight excluding hydrogens is 508 g/mol. The fraction of sp³-hybridized carbons (Fsp3) is 0.925. The third kappa shape index (κ3) is 26.8. The largest absolute Gasteiger partial charge is 0.250 e. The molecule has 1 aromatic heterocycles. The molecule has 248 valence electrons. The molecule has 0 bridgehead atoms. The van der Waals surface area contributed by atoms with Crippen molar-refractivity contribution in [2.45, 2.75) is 238 Å². The molecule has 0 spiro atoms. The quantitative estimate of drug-likeness (QED) is 0.0602. The van der Waals surface area contributed by atoms with Gasteiger partial charge in [0.05, 0.1) is 0 Å². The number of aromatic nitrogens is 2. The second kappa shape index (κ2) is 33.1. The zero-order valence-electron chi connectivity index (χ0n) is 29.3. The van der Waals surface area contributed by atoms with Gasteiger partial charge >= 0.3 is 0 Å². The molecule has 0 amide bonds. The fourth-order valence-corrected chi connectivity index (χ4v) is 6.83. The van der Waals surface area contributed by atoms with E-state index in [9.17, 15) is 0 Å². The van der Waals surface area contributed by atoms with Crippen LogP contribution in [0.3, 0.4) is 0 Å². The Morgan fingerprint density at radius 1 is 0.381 bits per heavy atom. The van der Waals surface area contributed by atoms with Crippen molar-refractivity contribution in [3.8, 4) is 0 Å². The summed E-state index contributed by atoms with van der Waals surface area (Å²) in [6, 6.07) is 0.703. The Hall–Kier alpha value is -0.790. The normalized spacial score (nSPS) is 11.7. The maximum absolute atomic E-state index is 3.29. The van der Waals surface area contributed by atoms with Gasteiger partial charge in [0.1, 0.15) is 18.4 Å². The van der Waals surface area contributed by atoms with Crippen LogP contribution in [0.15, 0.2) is 18.7 Å². The number of rotatable bonds is 35. The zero-order chi connectivity index (χ0) is 30.0. The van der Waals surface area contributed by atoms with E-state index >= 15 is 0 Å². The number of nitrogens with zero attached hydrogens (tertiary/aromatic N) is 1. The maximum Gasteiger partial charge on any atom is 0.241 e. The first kappa shape index (κ1) is 39.2. The van der Waals surface area contributed by atoms with E-state index < -0.39 is 0 Å². The highest BCUT2D eigenvalue weighted by Gasteiger charge is 2.14. The average Bonchev–Trinajstić information content (AvgIpc) is 3.54. The van der Waals surface area contributed by atoms with Crippen LogP contribution < -0.4 is 4.57 Å². The van der Waals surface area contributed by atoms with Gasteiger partial charge in [-0.1, -0.05) is 206 Å². The Labute approximate surface area is 266 Å². The highest BCUT2D eigenvalue weighted by atomic mass is 15.0. The minimum atomic E-state index is 0.703. The summed E-state index contributed by atoms with van der Waals surface area (Å²) in [5, 5.41) is 0. The van der Waals surface area contributed by atoms with Crippen molar-refractivity contribution in [3.05, 3.63) is 18.7 Å². The van der Waals surface area contributed by atoms with Crippen LogP contribution in [-0.4, -0.2) is 4.98 Å². The molecular formula is C40H79N2+. The van der Waals surface area contributed by atoms with Crippen molar-refractivity contribution in [1.82, 2.24) is 4.98 Å². The van der Waals surface area contributed by atoms with Gasteiger partial charge < -0.3 is 0 Å². The summed E-state index contributed by atoms with van der Waals surface area (Å²) >= 11 is 0. The number of H-pyrrole nitrogens is 1. The highest BCUT2D eigenvalue weighted by molar-refractivity contribution is 4.62. The Morgan fingerprint density at radius 2 is 0.643 bits per heavy atom. The third-order valence-electron chi connectivity index (χ3n) is 9.77. The average molecular weight is 588 g/mol. The molecule has 0 unspecified atom stereocenters. The van der Waals surface area contributed by atoms with Gasteiger partial charge in [-0.25, -0.2) is 4.57 Å². The smallest absolute Gasteiger partial charge is 0.241 e. The predicted molar refractivity (Wildman–Crippen MR) is 188 cm³/mol. The van der Waals surface area contributed by atoms with E-state index in [4.69, 9.17) is 0 Å². The molecule has 0 atom stereocenters. The van der Waals surface area contributed by atoms with Gasteiger partial charge in [0.15, 0.2) is 0 Å². The van der Waals surface area contributed by atoms with E-state index in [0.29, 0.717) is 6.04 Å². The van der Waals surface area contributed by atoms with E-state index in [1.54, 1.807) is 0 Å². The third-order valence-corrected chi connectivity index (χ3v) is 9.77. The molecule has 2 heteroatoms. The first-order valence-electron chi connectivity index (χ1n) is 19.9. The summed E-state index contributed by atoms with van der Waals surface area (Å²) in [4.78, 5) is 3.29. The SMILES string of the molecule is CCCCCCCCCCCCCCCCCCC(CCCCCCCCCCCCCCCCCC)[n+]1cc[nH]c1. The van der Waals surface area contributed by atoms with Crippen LogP contribution in [0.25, 0.3) is 0 Å². The lowest BCUT2D eigenvalue weighted by molar-refractivity contribution is -0.723. The molecule has 0 aliphatic carbocycles. The number of hydrogen-bond donors (Lipinski definition) is 1. The second-order valence-corrected chi connectivity index (χ2v) is 13.9. The number of aromatic amines is 1. The lowest BCUT2D eigenvalue weighted by atomic mass is 9.99. The van der Waals surface area contributed by atoms with Crippen molar-refractivity contribution in [3.63, 3.8) is 0 Å². The molecule has 1 aromatic rings. The molecule has 0 radical (unpaired) electrons. The van der Waals surface area contributed by atoms with Crippen molar-refractivity contribution >= 4 is 0 Å². The van der Waals surface area contributed by atoms with Crippen LogP contribution in [0.2, 0.25) is 0 Å². The highest BCUT2D eigenvalue weighted by Crippen LogP contribution is 2.20. The molecule has 0 aromatic carbocycles. The van der Waals surface area contributed by atoms with E-state index in [1.165, 1.54) is 218 Å². The van der Waals surface area contributed by atoms with Crippen LogP contribution in [0.4, 0.5) is 0 Å². The van der Waals surface area contributed by atoms with Crippen LogP contribution >= 0.6 is 0 Å². The molecule has 1 heterocycles. The lowest BCUT2D eigenvalue weighted by Crippen LogP contribution is -2.37. The van der Waals surface area contributed by atoms with Crippen molar-refractivity contribution in [2.24, 2.45) is 0 Å².